The first-order chi connectivity index (χ1) is 10.9. The Labute approximate surface area is 136 Å². The Morgan fingerprint density at radius 3 is 2.70 bits per heavy atom. The highest BCUT2D eigenvalue weighted by molar-refractivity contribution is 6.08. The van der Waals surface area contributed by atoms with Gasteiger partial charge in [0.15, 0.2) is 5.96 Å². The van der Waals surface area contributed by atoms with Crippen molar-refractivity contribution in [1.82, 2.24) is 10.2 Å². The van der Waals surface area contributed by atoms with Gasteiger partial charge in [-0.3, -0.25) is 14.5 Å². The molecule has 1 aromatic rings. The number of nitrogens with zero attached hydrogens (tertiary/aromatic N) is 2. The summed E-state index contributed by atoms with van der Waals surface area (Å²) in [6.45, 7) is 6.46. The van der Waals surface area contributed by atoms with E-state index in [0.29, 0.717) is 13.1 Å². The minimum atomic E-state index is -1.12. The number of hydrogen-bond donors (Lipinski definition) is 2. The van der Waals surface area contributed by atoms with Gasteiger partial charge in [-0.15, -0.1) is 0 Å². The number of carbonyl (C=O) groups is 2. The lowest BCUT2D eigenvalue weighted by Crippen LogP contribution is -2.44. The Bertz CT molecular complexity index is 641. The number of aryl methyl sites for hydroxylation is 1. The van der Waals surface area contributed by atoms with Gasteiger partial charge in [-0.1, -0.05) is 31.2 Å². The first-order valence-corrected chi connectivity index (χ1v) is 7.91. The van der Waals surface area contributed by atoms with Gasteiger partial charge in [0.2, 0.25) is 5.91 Å². The van der Waals surface area contributed by atoms with Gasteiger partial charge >= 0.3 is 0 Å². The fourth-order valence-corrected chi connectivity index (χ4v) is 2.73. The third kappa shape index (κ3) is 3.70. The number of benzene rings is 1. The molecule has 0 saturated carbocycles. The maximum absolute atomic E-state index is 12.7. The summed E-state index contributed by atoms with van der Waals surface area (Å²) in [4.78, 5) is 30.2. The van der Waals surface area contributed by atoms with E-state index in [4.69, 9.17) is 5.73 Å². The third-order valence-electron chi connectivity index (χ3n) is 3.96. The fraction of sp³-hybridized carbons (Fsp3) is 0.471. The van der Waals surface area contributed by atoms with E-state index in [-0.39, 0.29) is 24.2 Å². The summed E-state index contributed by atoms with van der Waals surface area (Å²) in [6.07, 6.45) is 0.937. The summed E-state index contributed by atoms with van der Waals surface area (Å²) in [7, 11) is 0. The van der Waals surface area contributed by atoms with Crippen LogP contribution >= 0.6 is 0 Å². The van der Waals surface area contributed by atoms with E-state index in [1.165, 1.54) is 10.5 Å². The molecule has 124 valence electrons. The molecular weight excluding hydrogens is 292 g/mol. The van der Waals surface area contributed by atoms with Crippen molar-refractivity contribution in [2.45, 2.75) is 45.7 Å². The molecule has 0 spiro atoms. The lowest BCUT2D eigenvalue weighted by molar-refractivity contribution is -0.134. The van der Waals surface area contributed by atoms with E-state index in [1.54, 1.807) is 6.92 Å². The van der Waals surface area contributed by atoms with Crippen molar-refractivity contribution >= 4 is 17.8 Å². The predicted molar refractivity (Wildman–Crippen MR) is 89.7 cm³/mol. The molecule has 6 heteroatoms. The predicted octanol–water partition coefficient (Wildman–Crippen LogP) is 1.19. The highest BCUT2D eigenvalue weighted by Gasteiger charge is 2.45. The Morgan fingerprint density at radius 2 is 2.04 bits per heavy atom. The molecule has 0 bridgehead atoms. The van der Waals surface area contributed by atoms with E-state index in [9.17, 15) is 9.59 Å². The SMILES string of the molecule is CCNC(=O)CC1(C)N=C(N)N(Cc2cccc(CC)c2)C1=O. The number of aliphatic imine (C=N–C) groups is 1. The van der Waals surface area contributed by atoms with Crippen LogP contribution in [0.4, 0.5) is 0 Å². The molecule has 1 unspecified atom stereocenters. The van der Waals surface area contributed by atoms with Crippen molar-refractivity contribution in [2.24, 2.45) is 10.7 Å². The van der Waals surface area contributed by atoms with Gasteiger partial charge in [0.25, 0.3) is 5.91 Å². The summed E-state index contributed by atoms with van der Waals surface area (Å²) < 4.78 is 0. The van der Waals surface area contributed by atoms with E-state index >= 15 is 0 Å². The second-order valence-corrected chi connectivity index (χ2v) is 5.94. The molecule has 2 amide bonds. The quantitative estimate of drug-likeness (QED) is 0.826. The summed E-state index contributed by atoms with van der Waals surface area (Å²) in [5, 5.41) is 2.69. The van der Waals surface area contributed by atoms with Crippen LogP contribution in [-0.2, 0) is 22.6 Å². The lowest BCUT2D eigenvalue weighted by atomic mass is 9.97. The molecule has 1 heterocycles. The number of guanidine groups is 1. The molecule has 6 nitrogen and oxygen atoms in total. The second-order valence-electron chi connectivity index (χ2n) is 5.94. The number of nitrogens with one attached hydrogen (secondary N) is 1. The van der Waals surface area contributed by atoms with E-state index in [0.717, 1.165) is 12.0 Å². The van der Waals surface area contributed by atoms with Gasteiger partial charge in [0.1, 0.15) is 5.54 Å². The number of hydrogen-bond acceptors (Lipinski definition) is 4. The van der Waals surface area contributed by atoms with Crippen molar-refractivity contribution in [3.05, 3.63) is 35.4 Å². The molecule has 0 saturated heterocycles. The molecule has 0 fully saturated rings. The number of carbonyl (C=O) groups excluding carboxylic acids is 2. The Balaban J connectivity index is 2.14. The zero-order valence-electron chi connectivity index (χ0n) is 13.9. The summed E-state index contributed by atoms with van der Waals surface area (Å²) in [5.74, 6) is -0.262. The zero-order chi connectivity index (χ0) is 17.0. The average molecular weight is 316 g/mol. The monoisotopic (exact) mass is 316 g/mol. The molecule has 0 radical (unpaired) electrons. The topological polar surface area (TPSA) is 87.8 Å². The van der Waals surface area contributed by atoms with Crippen LogP contribution in [0.1, 0.15) is 38.3 Å². The maximum Gasteiger partial charge on any atom is 0.257 e. The van der Waals surface area contributed by atoms with Crippen LogP contribution in [0.5, 0.6) is 0 Å². The van der Waals surface area contributed by atoms with Gasteiger partial charge in [-0.25, -0.2) is 4.99 Å². The highest BCUT2D eigenvalue weighted by atomic mass is 16.2. The standard InChI is InChI=1S/C17H24N4O2/c1-4-12-7-6-8-13(9-12)11-21-15(23)17(3,20-16(21)18)10-14(22)19-5-2/h6-9H,4-5,10-11H2,1-3H3,(H2,18,20)(H,19,22). The highest BCUT2D eigenvalue weighted by Crippen LogP contribution is 2.26. The molecule has 1 aliphatic rings. The third-order valence-corrected chi connectivity index (χ3v) is 3.96. The minimum Gasteiger partial charge on any atom is -0.369 e. The van der Waals surface area contributed by atoms with Crippen LogP contribution in [0.15, 0.2) is 29.3 Å². The molecule has 1 aliphatic heterocycles. The molecule has 0 aliphatic carbocycles. The maximum atomic E-state index is 12.7. The Morgan fingerprint density at radius 1 is 1.35 bits per heavy atom. The smallest absolute Gasteiger partial charge is 0.257 e. The number of rotatable bonds is 6. The fourth-order valence-electron chi connectivity index (χ4n) is 2.73. The van der Waals surface area contributed by atoms with Gasteiger partial charge in [0.05, 0.1) is 13.0 Å². The summed E-state index contributed by atoms with van der Waals surface area (Å²) in [6, 6.07) is 8.03. The van der Waals surface area contributed by atoms with Crippen LogP contribution in [0.25, 0.3) is 0 Å². The summed E-state index contributed by atoms with van der Waals surface area (Å²) >= 11 is 0. The lowest BCUT2D eigenvalue weighted by Gasteiger charge is -2.22. The van der Waals surface area contributed by atoms with Crippen molar-refractivity contribution < 1.29 is 9.59 Å². The second kappa shape index (κ2) is 6.81. The van der Waals surface area contributed by atoms with E-state index < -0.39 is 5.54 Å². The molecule has 1 aromatic carbocycles. The van der Waals surface area contributed by atoms with Crippen LogP contribution < -0.4 is 11.1 Å². The van der Waals surface area contributed by atoms with E-state index in [1.807, 2.05) is 25.1 Å². The average Bonchev–Trinajstić information content (AvgIpc) is 2.71. The number of nitrogens with two attached hydrogens (primary N) is 1. The Kier molecular flexibility index (Phi) is 5.03. The van der Waals surface area contributed by atoms with Gasteiger partial charge < -0.3 is 11.1 Å². The molecule has 0 aromatic heterocycles. The van der Waals surface area contributed by atoms with Crippen LogP contribution in [0, 0.1) is 0 Å². The van der Waals surface area contributed by atoms with Crippen LogP contribution in [-0.4, -0.2) is 34.8 Å². The first-order valence-electron chi connectivity index (χ1n) is 7.91. The van der Waals surface area contributed by atoms with Crippen LogP contribution in [0.2, 0.25) is 0 Å². The number of amides is 2. The van der Waals surface area contributed by atoms with Crippen LogP contribution in [0.3, 0.4) is 0 Å². The van der Waals surface area contributed by atoms with Crippen molar-refractivity contribution in [3.8, 4) is 0 Å². The Hall–Kier alpha value is -2.37. The van der Waals surface area contributed by atoms with Crippen molar-refractivity contribution in [2.75, 3.05) is 6.54 Å². The normalized spacial score (nSPS) is 20.6. The molecular formula is C17H24N4O2. The van der Waals surface area contributed by atoms with Gasteiger partial charge in [-0.2, -0.15) is 0 Å². The largest absolute Gasteiger partial charge is 0.369 e. The molecule has 1 atom stereocenters. The van der Waals surface area contributed by atoms with Gasteiger partial charge in [0, 0.05) is 6.54 Å². The first kappa shape index (κ1) is 17.0. The minimum absolute atomic E-state index is 0.00583. The van der Waals surface area contributed by atoms with Crippen molar-refractivity contribution in [1.29, 1.82) is 0 Å². The van der Waals surface area contributed by atoms with Gasteiger partial charge in [-0.05, 0) is 31.4 Å². The van der Waals surface area contributed by atoms with E-state index in [2.05, 4.69) is 23.3 Å². The molecule has 3 N–H and O–H groups in total. The zero-order valence-corrected chi connectivity index (χ0v) is 13.9. The van der Waals surface area contributed by atoms with Crippen molar-refractivity contribution in [3.63, 3.8) is 0 Å². The summed E-state index contributed by atoms with van der Waals surface area (Å²) in [5.41, 5.74) is 7.02. The molecule has 2 rings (SSSR count). The molecule has 23 heavy (non-hydrogen) atoms.